The number of carbonyl (C=O) groups is 2. The highest BCUT2D eigenvalue weighted by Crippen LogP contribution is 2.27. The third-order valence-corrected chi connectivity index (χ3v) is 4.40. The van der Waals surface area contributed by atoms with Crippen molar-refractivity contribution in [3.8, 4) is 11.5 Å². The minimum Gasteiger partial charge on any atom is -0.493 e. The van der Waals surface area contributed by atoms with Crippen molar-refractivity contribution < 1.29 is 19.1 Å². The van der Waals surface area contributed by atoms with E-state index in [1.165, 1.54) is 18.7 Å². The molecule has 0 saturated heterocycles. The van der Waals surface area contributed by atoms with E-state index < -0.39 is 0 Å². The van der Waals surface area contributed by atoms with Gasteiger partial charge in [-0.05, 0) is 36.2 Å². The molecule has 2 rings (SSSR count). The van der Waals surface area contributed by atoms with E-state index in [9.17, 15) is 9.59 Å². The summed E-state index contributed by atoms with van der Waals surface area (Å²) < 4.78 is 10.5. The normalized spacial score (nSPS) is 10.2. The van der Waals surface area contributed by atoms with Gasteiger partial charge in [-0.15, -0.1) is 10.2 Å². The van der Waals surface area contributed by atoms with E-state index in [0.717, 1.165) is 5.56 Å². The van der Waals surface area contributed by atoms with Crippen molar-refractivity contribution in [1.82, 2.24) is 15.5 Å². The SMILES string of the molecule is COc1ccc(CCNC(=O)CSc2ccc(NC(C)=O)nn2)cc1OC. The molecule has 1 aromatic carbocycles. The second kappa shape index (κ2) is 10.4. The van der Waals surface area contributed by atoms with Crippen LogP contribution in [-0.2, 0) is 16.0 Å². The van der Waals surface area contributed by atoms with Gasteiger partial charge in [-0.1, -0.05) is 17.8 Å². The number of anilines is 1. The van der Waals surface area contributed by atoms with Crippen LogP contribution in [0.1, 0.15) is 12.5 Å². The van der Waals surface area contributed by atoms with Gasteiger partial charge in [0.15, 0.2) is 17.3 Å². The summed E-state index contributed by atoms with van der Waals surface area (Å²) in [6.45, 7) is 1.92. The highest BCUT2D eigenvalue weighted by Gasteiger charge is 2.07. The van der Waals surface area contributed by atoms with Gasteiger partial charge >= 0.3 is 0 Å². The van der Waals surface area contributed by atoms with E-state index >= 15 is 0 Å². The fourth-order valence-electron chi connectivity index (χ4n) is 2.22. The Labute approximate surface area is 162 Å². The standard InChI is InChI=1S/C18H22N4O4S/c1-12(23)20-16-6-7-18(22-21-16)27-11-17(24)19-9-8-13-4-5-14(25-2)15(10-13)26-3/h4-7,10H,8-9,11H2,1-3H3,(H,19,24)(H,20,21,23). The molecule has 0 aliphatic rings. The Morgan fingerprint density at radius 1 is 1.07 bits per heavy atom. The number of nitrogens with one attached hydrogen (secondary N) is 2. The third-order valence-electron chi connectivity index (χ3n) is 3.48. The lowest BCUT2D eigenvalue weighted by molar-refractivity contribution is -0.118. The van der Waals surface area contributed by atoms with Crippen molar-refractivity contribution in [3.63, 3.8) is 0 Å². The molecule has 9 heteroatoms. The monoisotopic (exact) mass is 390 g/mol. The van der Waals surface area contributed by atoms with E-state index in [0.29, 0.717) is 35.3 Å². The van der Waals surface area contributed by atoms with Gasteiger partial charge in [-0.3, -0.25) is 9.59 Å². The molecule has 0 spiro atoms. The minimum absolute atomic E-state index is 0.0896. The number of carbonyl (C=O) groups excluding carboxylic acids is 2. The first kappa shape index (κ1) is 20.5. The molecule has 0 aliphatic carbocycles. The fraction of sp³-hybridized carbons (Fsp3) is 0.333. The van der Waals surface area contributed by atoms with Crippen molar-refractivity contribution in [3.05, 3.63) is 35.9 Å². The predicted molar refractivity (Wildman–Crippen MR) is 103 cm³/mol. The molecular formula is C18H22N4O4S. The molecule has 1 heterocycles. The van der Waals surface area contributed by atoms with E-state index in [-0.39, 0.29) is 17.6 Å². The number of amides is 2. The van der Waals surface area contributed by atoms with Crippen LogP contribution >= 0.6 is 11.8 Å². The first-order valence-corrected chi connectivity index (χ1v) is 9.22. The molecule has 2 amide bonds. The van der Waals surface area contributed by atoms with Crippen LogP contribution in [0.2, 0.25) is 0 Å². The second-order valence-electron chi connectivity index (χ2n) is 5.52. The number of ether oxygens (including phenoxy) is 2. The minimum atomic E-state index is -0.210. The van der Waals surface area contributed by atoms with E-state index in [1.807, 2.05) is 18.2 Å². The highest BCUT2D eigenvalue weighted by molar-refractivity contribution is 7.99. The van der Waals surface area contributed by atoms with Crippen LogP contribution in [-0.4, -0.2) is 48.5 Å². The summed E-state index contributed by atoms with van der Waals surface area (Å²) in [7, 11) is 3.18. The van der Waals surface area contributed by atoms with Crippen LogP contribution in [0.3, 0.4) is 0 Å². The number of aromatic nitrogens is 2. The van der Waals surface area contributed by atoms with Gasteiger partial charge in [0.05, 0.1) is 20.0 Å². The van der Waals surface area contributed by atoms with Gasteiger partial charge in [0.1, 0.15) is 5.03 Å². The Hall–Kier alpha value is -2.81. The lowest BCUT2D eigenvalue weighted by Crippen LogP contribution is -2.27. The van der Waals surface area contributed by atoms with Crippen molar-refractivity contribution >= 4 is 29.4 Å². The van der Waals surface area contributed by atoms with Crippen molar-refractivity contribution in [2.75, 3.05) is 31.8 Å². The van der Waals surface area contributed by atoms with Crippen LogP contribution in [0.15, 0.2) is 35.4 Å². The molecule has 2 aromatic rings. The Morgan fingerprint density at radius 2 is 1.85 bits per heavy atom. The Morgan fingerprint density at radius 3 is 2.48 bits per heavy atom. The number of hydrogen-bond acceptors (Lipinski definition) is 7. The summed E-state index contributed by atoms with van der Waals surface area (Å²) in [5.41, 5.74) is 1.04. The molecule has 8 nitrogen and oxygen atoms in total. The van der Waals surface area contributed by atoms with Gasteiger partial charge in [0.2, 0.25) is 11.8 Å². The molecular weight excluding hydrogens is 368 g/mol. The maximum Gasteiger partial charge on any atom is 0.230 e. The predicted octanol–water partition coefficient (Wildman–Crippen LogP) is 1.90. The highest BCUT2D eigenvalue weighted by atomic mass is 32.2. The summed E-state index contributed by atoms with van der Waals surface area (Å²) in [5, 5.41) is 13.8. The van der Waals surface area contributed by atoms with Gasteiger partial charge in [-0.25, -0.2) is 0 Å². The third kappa shape index (κ3) is 6.78. The van der Waals surface area contributed by atoms with Crippen LogP contribution in [0, 0.1) is 0 Å². The maximum absolute atomic E-state index is 12.0. The molecule has 0 saturated carbocycles. The van der Waals surface area contributed by atoms with E-state index in [2.05, 4.69) is 20.8 Å². The zero-order valence-electron chi connectivity index (χ0n) is 15.4. The number of nitrogens with zero attached hydrogens (tertiary/aromatic N) is 2. The first-order chi connectivity index (χ1) is 13.0. The number of thioether (sulfide) groups is 1. The largest absolute Gasteiger partial charge is 0.493 e. The molecule has 27 heavy (non-hydrogen) atoms. The molecule has 1 aromatic heterocycles. The lowest BCUT2D eigenvalue weighted by atomic mass is 10.1. The Kier molecular flexibility index (Phi) is 7.87. The lowest BCUT2D eigenvalue weighted by Gasteiger charge is -2.10. The number of methoxy groups -OCH3 is 2. The molecule has 2 N–H and O–H groups in total. The van der Waals surface area contributed by atoms with Crippen LogP contribution in [0.5, 0.6) is 11.5 Å². The first-order valence-electron chi connectivity index (χ1n) is 8.23. The summed E-state index contributed by atoms with van der Waals surface area (Å²) in [6, 6.07) is 9.03. The zero-order chi connectivity index (χ0) is 19.6. The molecule has 0 radical (unpaired) electrons. The van der Waals surface area contributed by atoms with Crippen LogP contribution in [0.25, 0.3) is 0 Å². The van der Waals surface area contributed by atoms with E-state index in [4.69, 9.17) is 9.47 Å². The van der Waals surface area contributed by atoms with Gasteiger partial charge in [0, 0.05) is 13.5 Å². The molecule has 0 aliphatic heterocycles. The van der Waals surface area contributed by atoms with Gasteiger partial charge < -0.3 is 20.1 Å². The number of benzene rings is 1. The summed E-state index contributed by atoms with van der Waals surface area (Å²) in [4.78, 5) is 22.9. The van der Waals surface area contributed by atoms with E-state index in [1.54, 1.807) is 26.4 Å². The summed E-state index contributed by atoms with van der Waals surface area (Å²) >= 11 is 1.28. The Bertz CT molecular complexity index is 783. The Balaban J connectivity index is 1.74. The average Bonchev–Trinajstić information content (AvgIpc) is 2.67. The summed E-state index contributed by atoms with van der Waals surface area (Å²) in [5.74, 6) is 1.66. The van der Waals surface area contributed by atoms with Crippen molar-refractivity contribution in [2.45, 2.75) is 18.4 Å². The molecule has 0 bridgehead atoms. The fourth-order valence-corrected chi connectivity index (χ4v) is 2.86. The number of rotatable bonds is 9. The number of hydrogen-bond donors (Lipinski definition) is 2. The van der Waals surface area contributed by atoms with Gasteiger partial charge in [0.25, 0.3) is 0 Å². The quantitative estimate of drug-likeness (QED) is 0.631. The van der Waals surface area contributed by atoms with Crippen molar-refractivity contribution in [2.24, 2.45) is 0 Å². The average molecular weight is 390 g/mol. The summed E-state index contributed by atoms with van der Waals surface area (Å²) in [6.07, 6.45) is 0.683. The molecule has 0 unspecified atom stereocenters. The van der Waals surface area contributed by atoms with Gasteiger partial charge in [-0.2, -0.15) is 0 Å². The molecule has 0 fully saturated rings. The smallest absolute Gasteiger partial charge is 0.230 e. The topological polar surface area (TPSA) is 102 Å². The second-order valence-corrected chi connectivity index (χ2v) is 6.51. The molecule has 144 valence electrons. The van der Waals surface area contributed by atoms with Crippen molar-refractivity contribution in [1.29, 1.82) is 0 Å². The zero-order valence-corrected chi connectivity index (χ0v) is 16.3. The van der Waals surface area contributed by atoms with Crippen LogP contribution in [0.4, 0.5) is 5.82 Å². The molecule has 0 atom stereocenters. The van der Waals surface area contributed by atoms with Crippen LogP contribution < -0.4 is 20.1 Å². The maximum atomic E-state index is 12.0.